The number of nitrogens with two attached hydrogens (primary N) is 1. The third kappa shape index (κ3) is 4.60. The molecule has 0 spiro atoms. The minimum atomic E-state index is -0.601. The van der Waals surface area contributed by atoms with E-state index in [1.807, 2.05) is 18.2 Å². The maximum Gasteiger partial charge on any atom is 0.280 e. The quantitative estimate of drug-likeness (QED) is 0.401. The Kier molecular flexibility index (Phi) is 6.23. The maximum absolute atomic E-state index is 12.1. The van der Waals surface area contributed by atoms with Gasteiger partial charge in [0, 0.05) is 12.1 Å². The molecule has 8 nitrogen and oxygen atoms in total. The number of carbonyl (C=O) groups excluding carboxylic acids is 2. The maximum atomic E-state index is 12.1. The van der Waals surface area contributed by atoms with E-state index in [2.05, 4.69) is 11.4 Å². The molecule has 0 radical (unpaired) electrons. The minimum Gasteiger partial charge on any atom is -0.494 e. The fourth-order valence-corrected chi connectivity index (χ4v) is 3.72. The summed E-state index contributed by atoms with van der Waals surface area (Å²) in [6.07, 6.45) is 1.26. The number of fused-ring (bicyclic) bond motifs is 1. The summed E-state index contributed by atoms with van der Waals surface area (Å²) >= 11 is 0. The van der Waals surface area contributed by atoms with Gasteiger partial charge in [-0.3, -0.25) is 19.7 Å². The van der Waals surface area contributed by atoms with Crippen LogP contribution in [0.5, 0.6) is 5.75 Å². The van der Waals surface area contributed by atoms with Gasteiger partial charge in [0.15, 0.2) is 5.78 Å². The molecule has 3 rings (SSSR count). The number of benzene rings is 2. The predicted molar refractivity (Wildman–Crippen MR) is 107 cm³/mol. The van der Waals surface area contributed by atoms with Crippen molar-refractivity contribution in [3.05, 3.63) is 69.3 Å². The van der Waals surface area contributed by atoms with E-state index in [9.17, 15) is 19.7 Å². The van der Waals surface area contributed by atoms with E-state index >= 15 is 0 Å². The van der Waals surface area contributed by atoms with Crippen LogP contribution in [0.4, 0.5) is 5.69 Å². The third-order valence-corrected chi connectivity index (χ3v) is 5.16. The molecule has 2 aromatic rings. The first-order chi connectivity index (χ1) is 13.9. The third-order valence-electron chi connectivity index (χ3n) is 5.16. The van der Waals surface area contributed by atoms with Crippen molar-refractivity contribution in [1.82, 2.24) is 5.32 Å². The largest absolute Gasteiger partial charge is 0.494 e. The van der Waals surface area contributed by atoms with E-state index in [-0.39, 0.29) is 23.9 Å². The molecule has 1 aliphatic heterocycles. The molecule has 2 aromatic carbocycles. The van der Waals surface area contributed by atoms with Crippen LogP contribution in [0, 0.1) is 16.0 Å². The highest BCUT2D eigenvalue weighted by atomic mass is 16.6. The SMILES string of the molecule is CC(=O)c1cc(OCCC(C(N)=O)C2NCCc3ccccc32)ccc1[N+](=O)[O-]. The molecule has 3 N–H and O–H groups in total. The highest BCUT2D eigenvalue weighted by molar-refractivity contribution is 5.98. The van der Waals surface area contributed by atoms with E-state index in [4.69, 9.17) is 10.5 Å². The van der Waals surface area contributed by atoms with Crippen molar-refractivity contribution in [1.29, 1.82) is 0 Å². The fraction of sp³-hybridized carbons (Fsp3) is 0.333. The standard InChI is InChI=1S/C21H23N3O5/c1-13(25)18-12-15(6-7-19(18)24(27)28)29-11-9-17(21(22)26)20-16-5-3-2-4-14(16)8-10-23-20/h2-7,12,17,20,23H,8-11H2,1H3,(H2,22,26). The normalized spacial score (nSPS) is 16.5. The second-order valence-electron chi connectivity index (χ2n) is 7.02. The first-order valence-electron chi connectivity index (χ1n) is 9.41. The van der Waals surface area contributed by atoms with Gasteiger partial charge in [0.25, 0.3) is 5.69 Å². The average Bonchev–Trinajstić information content (AvgIpc) is 2.70. The van der Waals surface area contributed by atoms with E-state index in [0.717, 1.165) is 18.5 Å². The van der Waals surface area contributed by atoms with E-state index in [1.165, 1.54) is 30.7 Å². The highest BCUT2D eigenvalue weighted by Crippen LogP contribution is 2.31. The lowest BCUT2D eigenvalue weighted by atomic mass is 9.84. The number of ether oxygens (including phenoxy) is 1. The Morgan fingerprint density at radius 1 is 1.31 bits per heavy atom. The van der Waals surface area contributed by atoms with Crippen molar-refractivity contribution in [2.45, 2.75) is 25.8 Å². The highest BCUT2D eigenvalue weighted by Gasteiger charge is 2.31. The number of primary amides is 1. The molecule has 8 heteroatoms. The van der Waals surface area contributed by atoms with Crippen molar-refractivity contribution in [2.75, 3.05) is 13.2 Å². The minimum absolute atomic E-state index is 0.0122. The molecule has 0 saturated heterocycles. The Labute approximate surface area is 168 Å². The van der Waals surface area contributed by atoms with Crippen LogP contribution < -0.4 is 15.8 Å². The van der Waals surface area contributed by atoms with Gasteiger partial charge >= 0.3 is 0 Å². The van der Waals surface area contributed by atoms with Crippen LogP contribution in [-0.2, 0) is 11.2 Å². The summed E-state index contributed by atoms with van der Waals surface area (Å²) in [5, 5.41) is 14.4. The number of hydrogen-bond donors (Lipinski definition) is 2. The number of hydrogen-bond acceptors (Lipinski definition) is 6. The number of amides is 1. The summed E-state index contributed by atoms with van der Waals surface area (Å²) in [6.45, 7) is 2.21. The van der Waals surface area contributed by atoms with Crippen LogP contribution in [-0.4, -0.2) is 29.8 Å². The lowest BCUT2D eigenvalue weighted by Gasteiger charge is -2.32. The first kappa shape index (κ1) is 20.5. The first-order valence-corrected chi connectivity index (χ1v) is 9.41. The van der Waals surface area contributed by atoms with Crippen LogP contribution in [0.3, 0.4) is 0 Å². The Morgan fingerprint density at radius 2 is 2.07 bits per heavy atom. The van der Waals surface area contributed by atoms with Crippen molar-refractivity contribution in [3.63, 3.8) is 0 Å². The van der Waals surface area contributed by atoms with E-state index in [1.54, 1.807) is 0 Å². The molecule has 29 heavy (non-hydrogen) atoms. The van der Waals surface area contributed by atoms with Gasteiger partial charge in [-0.15, -0.1) is 0 Å². The summed E-state index contributed by atoms with van der Waals surface area (Å²) in [4.78, 5) is 34.3. The van der Waals surface area contributed by atoms with Gasteiger partial charge in [0.1, 0.15) is 5.75 Å². The molecule has 1 aliphatic rings. The zero-order valence-corrected chi connectivity index (χ0v) is 16.1. The van der Waals surface area contributed by atoms with Crippen molar-refractivity contribution < 1.29 is 19.2 Å². The molecule has 0 bridgehead atoms. The summed E-state index contributed by atoms with van der Waals surface area (Å²) < 4.78 is 5.68. The topological polar surface area (TPSA) is 125 Å². The van der Waals surface area contributed by atoms with E-state index in [0.29, 0.717) is 12.2 Å². The van der Waals surface area contributed by atoms with Crippen LogP contribution in [0.25, 0.3) is 0 Å². The number of carbonyl (C=O) groups is 2. The molecule has 0 saturated carbocycles. The van der Waals surface area contributed by atoms with Crippen molar-refractivity contribution in [3.8, 4) is 5.75 Å². The monoisotopic (exact) mass is 397 g/mol. The van der Waals surface area contributed by atoms with Gasteiger partial charge < -0.3 is 15.8 Å². The molecule has 2 unspecified atom stereocenters. The number of nitro groups is 1. The Hall–Kier alpha value is -3.26. The molecule has 1 amide bonds. The lowest BCUT2D eigenvalue weighted by molar-refractivity contribution is -0.385. The summed E-state index contributed by atoms with van der Waals surface area (Å²) in [5.41, 5.74) is 7.66. The number of ketones is 1. The molecule has 0 fully saturated rings. The Morgan fingerprint density at radius 3 is 2.76 bits per heavy atom. The van der Waals surface area contributed by atoms with Gasteiger partial charge in [0.05, 0.1) is 23.0 Å². The van der Waals surface area contributed by atoms with Crippen molar-refractivity contribution >= 4 is 17.4 Å². The molecule has 152 valence electrons. The summed E-state index contributed by atoms with van der Waals surface area (Å²) in [6, 6.07) is 11.8. The number of nitrogens with zero attached hydrogens (tertiary/aromatic N) is 1. The lowest BCUT2D eigenvalue weighted by Crippen LogP contribution is -2.41. The number of rotatable bonds is 8. The predicted octanol–water partition coefficient (Wildman–Crippen LogP) is 2.55. The summed E-state index contributed by atoms with van der Waals surface area (Å²) in [5.74, 6) is -0.973. The number of nitrogens with one attached hydrogen (secondary N) is 1. The molecule has 1 heterocycles. The van der Waals surface area contributed by atoms with Crippen molar-refractivity contribution in [2.24, 2.45) is 11.7 Å². The zero-order chi connectivity index (χ0) is 21.0. The van der Waals surface area contributed by atoms with E-state index < -0.39 is 22.5 Å². The number of nitro benzene ring substituents is 1. The Balaban J connectivity index is 1.72. The molecular formula is C21H23N3O5. The molecule has 0 aliphatic carbocycles. The van der Waals surface area contributed by atoms with Crippen LogP contribution in [0.2, 0.25) is 0 Å². The number of Topliss-reactive ketones (excluding diaryl/α,β-unsaturated/α-hetero) is 1. The summed E-state index contributed by atoms with van der Waals surface area (Å²) in [7, 11) is 0. The Bertz CT molecular complexity index is 944. The molecule has 0 aromatic heterocycles. The van der Waals surface area contributed by atoms with Gasteiger partial charge in [-0.05, 0) is 49.6 Å². The molecule has 2 atom stereocenters. The smallest absolute Gasteiger partial charge is 0.280 e. The zero-order valence-electron chi connectivity index (χ0n) is 16.1. The van der Waals surface area contributed by atoms with Gasteiger partial charge in [-0.25, -0.2) is 0 Å². The van der Waals surface area contributed by atoms with Gasteiger partial charge in [-0.1, -0.05) is 24.3 Å². The van der Waals surface area contributed by atoms with Gasteiger partial charge in [0.2, 0.25) is 5.91 Å². The second kappa shape index (κ2) is 8.83. The molecular weight excluding hydrogens is 374 g/mol. The average molecular weight is 397 g/mol. The van der Waals surface area contributed by atoms with Crippen LogP contribution >= 0.6 is 0 Å². The fourth-order valence-electron chi connectivity index (χ4n) is 3.72. The van der Waals surface area contributed by atoms with Crippen LogP contribution in [0.15, 0.2) is 42.5 Å². The van der Waals surface area contributed by atoms with Gasteiger partial charge in [-0.2, -0.15) is 0 Å². The second-order valence-corrected chi connectivity index (χ2v) is 7.02. The van der Waals surface area contributed by atoms with Crippen LogP contribution in [0.1, 0.15) is 40.9 Å².